The summed E-state index contributed by atoms with van der Waals surface area (Å²) < 4.78 is 5.33. The van der Waals surface area contributed by atoms with Crippen molar-refractivity contribution >= 4 is 23.2 Å². The quantitative estimate of drug-likeness (QED) is 0.742. The van der Waals surface area contributed by atoms with Crippen molar-refractivity contribution in [2.45, 2.75) is 46.0 Å². The fourth-order valence-electron chi connectivity index (χ4n) is 3.33. The molecule has 2 aromatic rings. The summed E-state index contributed by atoms with van der Waals surface area (Å²) in [5.41, 5.74) is 2.25. The molecule has 0 aliphatic heterocycles. The summed E-state index contributed by atoms with van der Waals surface area (Å²) in [7, 11) is 1.56. The topological polar surface area (TPSA) is 67.4 Å². The molecule has 0 heterocycles. The summed E-state index contributed by atoms with van der Waals surface area (Å²) in [5, 5.41) is 5.89. The number of ether oxygens (including phenoxy) is 1. The zero-order valence-electron chi connectivity index (χ0n) is 17.2. The summed E-state index contributed by atoms with van der Waals surface area (Å²) in [6, 6.07) is 13.3. The Morgan fingerprint density at radius 3 is 2.14 bits per heavy atom. The van der Waals surface area contributed by atoms with E-state index in [9.17, 15) is 9.59 Å². The number of methoxy groups -OCH3 is 1. The molecule has 5 nitrogen and oxygen atoms in total. The molecular weight excluding hydrogens is 352 g/mol. The zero-order chi connectivity index (χ0) is 20.5. The van der Waals surface area contributed by atoms with Crippen molar-refractivity contribution in [1.82, 2.24) is 0 Å². The van der Waals surface area contributed by atoms with E-state index in [4.69, 9.17) is 4.74 Å². The van der Waals surface area contributed by atoms with Gasteiger partial charge >= 0.3 is 0 Å². The lowest BCUT2D eigenvalue weighted by atomic mass is 9.85. The number of para-hydroxylation sites is 1. The molecule has 0 aromatic heterocycles. The van der Waals surface area contributed by atoms with Gasteiger partial charge in [0.1, 0.15) is 11.2 Å². The predicted molar refractivity (Wildman–Crippen MR) is 112 cm³/mol. The normalized spacial score (nSPS) is 14.9. The average molecular weight is 380 g/mol. The number of amides is 2. The maximum atomic E-state index is 13.0. The highest BCUT2D eigenvalue weighted by Crippen LogP contribution is 2.48. The molecule has 0 saturated heterocycles. The summed E-state index contributed by atoms with van der Waals surface area (Å²) in [4.78, 5) is 26.0. The lowest BCUT2D eigenvalue weighted by Gasteiger charge is -2.24. The van der Waals surface area contributed by atoms with Crippen molar-refractivity contribution in [2.24, 2.45) is 5.41 Å². The summed E-state index contributed by atoms with van der Waals surface area (Å²) in [6.45, 7) is 8.24. The van der Waals surface area contributed by atoms with Gasteiger partial charge in [-0.05, 0) is 54.5 Å². The van der Waals surface area contributed by atoms with Crippen LogP contribution in [0.25, 0.3) is 0 Å². The van der Waals surface area contributed by atoms with Crippen LogP contribution in [-0.4, -0.2) is 18.9 Å². The molecule has 1 aliphatic carbocycles. The largest absolute Gasteiger partial charge is 0.495 e. The Hall–Kier alpha value is -2.82. The molecule has 1 aliphatic rings. The highest BCUT2D eigenvalue weighted by atomic mass is 16.5. The predicted octanol–water partition coefficient (Wildman–Crippen LogP) is 4.66. The fourth-order valence-corrected chi connectivity index (χ4v) is 3.33. The molecule has 1 saturated carbocycles. The maximum absolute atomic E-state index is 13.0. The average Bonchev–Trinajstić information content (AvgIpc) is 3.43. The molecule has 28 heavy (non-hydrogen) atoms. The van der Waals surface area contributed by atoms with Crippen LogP contribution in [-0.2, 0) is 15.0 Å². The number of rotatable bonds is 5. The van der Waals surface area contributed by atoms with Crippen LogP contribution in [0.15, 0.2) is 42.5 Å². The third-order valence-electron chi connectivity index (χ3n) is 5.21. The van der Waals surface area contributed by atoms with Crippen molar-refractivity contribution in [3.05, 3.63) is 53.6 Å². The van der Waals surface area contributed by atoms with Gasteiger partial charge < -0.3 is 15.4 Å². The Balaban J connectivity index is 1.80. The number of carbonyl (C=O) groups is 2. The smallest absolute Gasteiger partial charge is 0.240 e. The summed E-state index contributed by atoms with van der Waals surface area (Å²) in [5.74, 6) is 0.0312. The van der Waals surface area contributed by atoms with Crippen LogP contribution in [0.4, 0.5) is 11.4 Å². The number of anilines is 2. The molecule has 0 radical (unpaired) electrons. The second-order valence-corrected chi connectivity index (χ2v) is 8.49. The van der Waals surface area contributed by atoms with Crippen LogP contribution >= 0.6 is 0 Å². The second kappa shape index (κ2) is 7.30. The minimum Gasteiger partial charge on any atom is -0.495 e. The van der Waals surface area contributed by atoms with E-state index in [1.807, 2.05) is 49.4 Å². The lowest BCUT2D eigenvalue weighted by Crippen LogP contribution is -2.36. The molecule has 2 N–H and O–H groups in total. The van der Waals surface area contributed by atoms with Crippen LogP contribution < -0.4 is 15.4 Å². The molecule has 2 aromatic carbocycles. The number of aryl methyl sites for hydroxylation is 1. The SMILES string of the molecule is COc1ccc(C)cc1NC(=O)C1(C(=O)Nc2ccccc2C(C)(C)C)CC1. The van der Waals surface area contributed by atoms with Gasteiger partial charge in [-0.25, -0.2) is 0 Å². The third-order valence-corrected chi connectivity index (χ3v) is 5.21. The first kappa shape index (κ1) is 19.9. The van der Waals surface area contributed by atoms with Crippen molar-refractivity contribution in [3.63, 3.8) is 0 Å². The first-order chi connectivity index (χ1) is 13.2. The van der Waals surface area contributed by atoms with Gasteiger partial charge in [0, 0.05) is 5.69 Å². The van der Waals surface area contributed by atoms with Crippen molar-refractivity contribution in [3.8, 4) is 5.75 Å². The van der Waals surface area contributed by atoms with E-state index in [0.717, 1.165) is 16.8 Å². The van der Waals surface area contributed by atoms with Crippen LogP contribution in [0.5, 0.6) is 5.75 Å². The molecule has 2 amide bonds. The Kier molecular flexibility index (Phi) is 5.20. The molecule has 148 valence electrons. The van der Waals surface area contributed by atoms with E-state index >= 15 is 0 Å². The second-order valence-electron chi connectivity index (χ2n) is 8.49. The number of nitrogens with one attached hydrogen (secondary N) is 2. The van der Waals surface area contributed by atoms with Gasteiger partial charge in [-0.1, -0.05) is 45.0 Å². The molecule has 3 rings (SSSR count). The number of benzene rings is 2. The molecule has 1 fully saturated rings. The maximum Gasteiger partial charge on any atom is 0.240 e. The first-order valence-corrected chi connectivity index (χ1v) is 9.54. The standard InChI is InChI=1S/C23H28N2O3/c1-15-10-11-19(28-5)18(14-15)25-21(27)23(12-13-23)20(26)24-17-9-7-6-8-16(17)22(2,3)4/h6-11,14H,12-13H2,1-5H3,(H,24,26)(H,25,27). The molecule has 0 atom stereocenters. The molecule has 0 spiro atoms. The first-order valence-electron chi connectivity index (χ1n) is 9.54. The van der Waals surface area contributed by atoms with Gasteiger partial charge in [0.05, 0.1) is 12.8 Å². The van der Waals surface area contributed by atoms with Gasteiger partial charge in [0.25, 0.3) is 0 Å². The van der Waals surface area contributed by atoms with Gasteiger partial charge in [-0.15, -0.1) is 0 Å². The number of hydrogen-bond donors (Lipinski definition) is 2. The number of hydrogen-bond acceptors (Lipinski definition) is 3. The summed E-state index contributed by atoms with van der Waals surface area (Å²) >= 11 is 0. The van der Waals surface area contributed by atoms with E-state index in [1.54, 1.807) is 7.11 Å². The van der Waals surface area contributed by atoms with Crippen LogP contribution in [0.3, 0.4) is 0 Å². The summed E-state index contributed by atoms with van der Waals surface area (Å²) in [6.07, 6.45) is 1.08. The zero-order valence-corrected chi connectivity index (χ0v) is 17.2. The monoisotopic (exact) mass is 380 g/mol. The Morgan fingerprint density at radius 1 is 0.964 bits per heavy atom. The third kappa shape index (κ3) is 3.88. The molecule has 5 heteroatoms. The van der Waals surface area contributed by atoms with E-state index < -0.39 is 5.41 Å². The lowest BCUT2D eigenvalue weighted by molar-refractivity contribution is -0.131. The van der Waals surface area contributed by atoms with Crippen LogP contribution in [0.2, 0.25) is 0 Å². The highest BCUT2D eigenvalue weighted by Gasteiger charge is 2.56. The number of carbonyl (C=O) groups excluding carboxylic acids is 2. The Bertz CT molecular complexity index is 908. The van der Waals surface area contributed by atoms with Crippen molar-refractivity contribution < 1.29 is 14.3 Å². The van der Waals surface area contributed by atoms with Crippen LogP contribution in [0.1, 0.15) is 44.7 Å². The minimum atomic E-state index is -1.03. The van der Waals surface area contributed by atoms with Gasteiger partial charge in [0.15, 0.2) is 0 Å². The Morgan fingerprint density at radius 2 is 1.57 bits per heavy atom. The van der Waals surface area contributed by atoms with Crippen molar-refractivity contribution in [1.29, 1.82) is 0 Å². The van der Waals surface area contributed by atoms with Gasteiger partial charge in [-0.2, -0.15) is 0 Å². The van der Waals surface area contributed by atoms with E-state index in [1.165, 1.54) is 0 Å². The van der Waals surface area contributed by atoms with Crippen LogP contribution in [0, 0.1) is 12.3 Å². The van der Waals surface area contributed by atoms with E-state index in [2.05, 4.69) is 31.4 Å². The molecule has 0 unspecified atom stereocenters. The van der Waals surface area contributed by atoms with Gasteiger partial charge in [0.2, 0.25) is 11.8 Å². The highest BCUT2D eigenvalue weighted by molar-refractivity contribution is 6.17. The molecular formula is C23H28N2O3. The van der Waals surface area contributed by atoms with Gasteiger partial charge in [-0.3, -0.25) is 9.59 Å². The van der Waals surface area contributed by atoms with E-state index in [-0.39, 0.29) is 17.2 Å². The molecule has 0 bridgehead atoms. The van der Waals surface area contributed by atoms with Crippen molar-refractivity contribution in [2.75, 3.05) is 17.7 Å². The minimum absolute atomic E-state index is 0.113. The van der Waals surface area contributed by atoms with E-state index in [0.29, 0.717) is 24.3 Å². The fraction of sp³-hybridized carbons (Fsp3) is 0.391. The Labute approximate surface area is 166 Å².